The summed E-state index contributed by atoms with van der Waals surface area (Å²) in [5, 5.41) is 2.77. The summed E-state index contributed by atoms with van der Waals surface area (Å²) in [6, 6.07) is 4.24. The van der Waals surface area contributed by atoms with Crippen LogP contribution in [-0.2, 0) is 0 Å². The van der Waals surface area contributed by atoms with Crippen molar-refractivity contribution in [1.82, 2.24) is 15.2 Å². The fourth-order valence-corrected chi connectivity index (χ4v) is 2.31. The van der Waals surface area contributed by atoms with E-state index in [-0.39, 0.29) is 11.6 Å². The number of piperidine rings is 1. The van der Waals surface area contributed by atoms with Gasteiger partial charge in [0.1, 0.15) is 5.69 Å². The molecule has 19 heavy (non-hydrogen) atoms. The van der Waals surface area contributed by atoms with E-state index in [1.54, 1.807) is 0 Å². The molecule has 2 rings (SSSR count). The SMILES string of the molecule is O=C(NCCCN1CCCCC1)c1cccc(F)n1. The van der Waals surface area contributed by atoms with Gasteiger partial charge in [-0.15, -0.1) is 0 Å². The lowest BCUT2D eigenvalue weighted by atomic mass is 10.1. The molecule has 1 amide bonds. The molecule has 104 valence electrons. The lowest BCUT2D eigenvalue weighted by molar-refractivity contribution is 0.0945. The van der Waals surface area contributed by atoms with Crippen LogP contribution in [0.15, 0.2) is 18.2 Å². The minimum atomic E-state index is -0.624. The van der Waals surface area contributed by atoms with Gasteiger partial charge in [-0.3, -0.25) is 4.79 Å². The van der Waals surface area contributed by atoms with Gasteiger partial charge in [-0.1, -0.05) is 12.5 Å². The number of hydrogen-bond acceptors (Lipinski definition) is 3. The number of likely N-dealkylation sites (tertiary alicyclic amines) is 1. The fraction of sp³-hybridized carbons (Fsp3) is 0.571. The molecule has 0 spiro atoms. The number of carbonyl (C=O) groups is 1. The molecule has 0 saturated carbocycles. The molecule has 0 bridgehead atoms. The predicted molar refractivity (Wildman–Crippen MR) is 71.4 cm³/mol. The van der Waals surface area contributed by atoms with Crippen molar-refractivity contribution in [3.63, 3.8) is 0 Å². The summed E-state index contributed by atoms with van der Waals surface area (Å²) in [6.45, 7) is 3.95. The Labute approximate surface area is 113 Å². The zero-order valence-electron chi connectivity index (χ0n) is 11.1. The highest BCUT2D eigenvalue weighted by molar-refractivity contribution is 5.92. The second-order valence-electron chi connectivity index (χ2n) is 4.86. The molecule has 0 atom stereocenters. The summed E-state index contributed by atoms with van der Waals surface area (Å²) < 4.78 is 12.9. The Morgan fingerprint density at radius 1 is 1.32 bits per heavy atom. The van der Waals surface area contributed by atoms with E-state index in [9.17, 15) is 9.18 Å². The second-order valence-corrected chi connectivity index (χ2v) is 4.86. The number of amides is 1. The van der Waals surface area contributed by atoms with Gasteiger partial charge in [0.2, 0.25) is 5.95 Å². The Bertz CT molecular complexity index is 419. The highest BCUT2D eigenvalue weighted by Crippen LogP contribution is 2.08. The number of pyridine rings is 1. The van der Waals surface area contributed by atoms with E-state index >= 15 is 0 Å². The fourth-order valence-electron chi connectivity index (χ4n) is 2.31. The normalized spacial score (nSPS) is 16.3. The van der Waals surface area contributed by atoms with Crippen LogP contribution >= 0.6 is 0 Å². The quantitative estimate of drug-likeness (QED) is 0.652. The summed E-state index contributed by atoms with van der Waals surface area (Å²) in [4.78, 5) is 17.7. The van der Waals surface area contributed by atoms with Crippen molar-refractivity contribution in [2.24, 2.45) is 0 Å². The Balaban J connectivity index is 1.66. The standard InChI is InChI=1S/C14H20FN3O/c15-13-7-4-6-12(17-13)14(19)16-8-5-11-18-9-2-1-3-10-18/h4,6-7H,1-3,5,8-11H2,(H,16,19). The third-order valence-corrected chi connectivity index (χ3v) is 3.33. The predicted octanol–water partition coefficient (Wildman–Crippen LogP) is 1.83. The highest BCUT2D eigenvalue weighted by Gasteiger charge is 2.10. The van der Waals surface area contributed by atoms with Crippen molar-refractivity contribution in [3.05, 3.63) is 29.8 Å². The topological polar surface area (TPSA) is 45.2 Å². The Morgan fingerprint density at radius 2 is 2.11 bits per heavy atom. The lowest BCUT2D eigenvalue weighted by Gasteiger charge is -2.26. The molecule has 1 aromatic heterocycles. The maximum absolute atomic E-state index is 12.9. The summed E-state index contributed by atoms with van der Waals surface area (Å²) in [5.74, 6) is -0.931. The smallest absolute Gasteiger partial charge is 0.269 e. The van der Waals surface area contributed by atoms with Crippen LogP contribution in [0.1, 0.15) is 36.2 Å². The molecule has 1 aliphatic heterocycles. The van der Waals surface area contributed by atoms with E-state index in [4.69, 9.17) is 0 Å². The van der Waals surface area contributed by atoms with E-state index in [1.807, 2.05) is 0 Å². The van der Waals surface area contributed by atoms with Crippen LogP contribution in [-0.4, -0.2) is 42.0 Å². The van der Waals surface area contributed by atoms with Crippen molar-refractivity contribution >= 4 is 5.91 Å². The first-order chi connectivity index (χ1) is 9.25. The lowest BCUT2D eigenvalue weighted by Crippen LogP contribution is -2.33. The van der Waals surface area contributed by atoms with Gasteiger partial charge in [0, 0.05) is 6.54 Å². The van der Waals surface area contributed by atoms with Crippen LogP contribution in [0.25, 0.3) is 0 Å². The van der Waals surface area contributed by atoms with E-state index < -0.39 is 5.95 Å². The monoisotopic (exact) mass is 265 g/mol. The third-order valence-electron chi connectivity index (χ3n) is 3.33. The van der Waals surface area contributed by atoms with Gasteiger partial charge in [-0.25, -0.2) is 4.98 Å². The first-order valence-electron chi connectivity index (χ1n) is 6.89. The molecule has 1 saturated heterocycles. The summed E-state index contributed by atoms with van der Waals surface area (Å²) >= 11 is 0. The first-order valence-corrected chi connectivity index (χ1v) is 6.89. The molecule has 0 radical (unpaired) electrons. The van der Waals surface area contributed by atoms with E-state index in [0.29, 0.717) is 6.54 Å². The number of nitrogens with zero attached hydrogens (tertiary/aromatic N) is 2. The van der Waals surface area contributed by atoms with Gasteiger partial charge in [0.15, 0.2) is 0 Å². The molecular formula is C14H20FN3O. The van der Waals surface area contributed by atoms with E-state index in [0.717, 1.165) is 13.0 Å². The second kappa shape index (κ2) is 7.19. The number of hydrogen-bond donors (Lipinski definition) is 1. The van der Waals surface area contributed by atoms with Crippen LogP contribution in [0.5, 0.6) is 0 Å². The first kappa shape index (κ1) is 13.9. The van der Waals surface area contributed by atoms with Crippen LogP contribution in [0.3, 0.4) is 0 Å². The van der Waals surface area contributed by atoms with Gasteiger partial charge in [0.25, 0.3) is 5.91 Å². The number of carbonyl (C=O) groups excluding carboxylic acids is 1. The molecule has 0 aliphatic carbocycles. The zero-order valence-corrected chi connectivity index (χ0v) is 11.1. The van der Waals surface area contributed by atoms with Crippen LogP contribution in [0.2, 0.25) is 0 Å². The van der Waals surface area contributed by atoms with E-state index in [1.165, 1.54) is 50.6 Å². The van der Waals surface area contributed by atoms with E-state index in [2.05, 4.69) is 15.2 Å². The van der Waals surface area contributed by atoms with Crippen molar-refractivity contribution in [2.75, 3.05) is 26.2 Å². The summed E-state index contributed by atoms with van der Waals surface area (Å²) in [5.41, 5.74) is 0.137. The minimum absolute atomic E-state index is 0.137. The van der Waals surface area contributed by atoms with Gasteiger partial charge in [-0.2, -0.15) is 4.39 Å². The van der Waals surface area contributed by atoms with Gasteiger partial charge in [0.05, 0.1) is 0 Å². The summed E-state index contributed by atoms with van der Waals surface area (Å²) in [6.07, 6.45) is 4.80. The molecule has 4 nitrogen and oxygen atoms in total. The van der Waals surface area contributed by atoms with Crippen LogP contribution in [0.4, 0.5) is 4.39 Å². The largest absolute Gasteiger partial charge is 0.351 e. The number of nitrogens with one attached hydrogen (secondary N) is 1. The number of halogens is 1. The van der Waals surface area contributed by atoms with Crippen LogP contribution < -0.4 is 5.32 Å². The maximum atomic E-state index is 12.9. The molecule has 2 heterocycles. The molecule has 5 heteroatoms. The van der Waals surface area contributed by atoms with Crippen molar-refractivity contribution in [2.45, 2.75) is 25.7 Å². The molecule has 1 aliphatic rings. The zero-order chi connectivity index (χ0) is 13.5. The van der Waals surface area contributed by atoms with Gasteiger partial charge in [-0.05, 0) is 51.0 Å². The van der Waals surface area contributed by atoms with Crippen molar-refractivity contribution in [3.8, 4) is 0 Å². The van der Waals surface area contributed by atoms with Crippen molar-refractivity contribution < 1.29 is 9.18 Å². The third kappa shape index (κ3) is 4.59. The van der Waals surface area contributed by atoms with Gasteiger partial charge >= 0.3 is 0 Å². The molecule has 1 fully saturated rings. The molecule has 1 aromatic rings. The Morgan fingerprint density at radius 3 is 2.84 bits per heavy atom. The van der Waals surface area contributed by atoms with Crippen molar-refractivity contribution in [1.29, 1.82) is 0 Å². The number of rotatable bonds is 5. The molecular weight excluding hydrogens is 245 g/mol. The highest BCUT2D eigenvalue weighted by atomic mass is 19.1. The molecule has 1 N–H and O–H groups in total. The maximum Gasteiger partial charge on any atom is 0.269 e. The average molecular weight is 265 g/mol. The Hall–Kier alpha value is -1.49. The van der Waals surface area contributed by atoms with Crippen LogP contribution in [0, 0.1) is 5.95 Å². The summed E-state index contributed by atoms with van der Waals surface area (Å²) in [7, 11) is 0. The minimum Gasteiger partial charge on any atom is -0.351 e. The molecule has 0 aromatic carbocycles. The molecule has 0 unspecified atom stereocenters. The van der Waals surface area contributed by atoms with Gasteiger partial charge < -0.3 is 10.2 Å². The number of aromatic nitrogens is 1. The average Bonchev–Trinajstić information content (AvgIpc) is 2.44. The Kier molecular flexibility index (Phi) is 5.27.